The van der Waals surface area contributed by atoms with Crippen LogP contribution in [0.4, 0.5) is 0 Å². The zero-order chi connectivity index (χ0) is 23.7. The van der Waals surface area contributed by atoms with Gasteiger partial charge in [0.15, 0.2) is 0 Å². The molecule has 1 aromatic rings. The summed E-state index contributed by atoms with van der Waals surface area (Å²) in [6, 6.07) is 4.36. The van der Waals surface area contributed by atoms with Crippen LogP contribution in [0, 0.1) is 11.3 Å². The van der Waals surface area contributed by atoms with Crippen LogP contribution in [0.3, 0.4) is 0 Å². The van der Waals surface area contributed by atoms with Crippen LogP contribution in [0.15, 0.2) is 18.2 Å². The molecule has 0 aromatic heterocycles. The van der Waals surface area contributed by atoms with Crippen LogP contribution in [-0.4, -0.2) is 67.4 Å². The molecule has 3 N–H and O–H groups in total. The maximum atomic E-state index is 13.1. The Morgan fingerprint density at radius 1 is 1.00 bits per heavy atom. The van der Waals surface area contributed by atoms with Crippen molar-refractivity contribution in [3.63, 3.8) is 0 Å². The predicted molar refractivity (Wildman–Crippen MR) is 123 cm³/mol. The van der Waals surface area contributed by atoms with Gasteiger partial charge >= 0.3 is 0 Å². The lowest BCUT2D eigenvalue weighted by atomic mass is 9.66. The molecule has 182 valence electrons. The molecule has 1 unspecified atom stereocenters. The van der Waals surface area contributed by atoms with E-state index in [1.54, 1.807) is 12.1 Å². The minimum atomic E-state index is -0.940. The largest absolute Gasteiger partial charge is 0.381 e. The fraction of sp³-hybridized carbons (Fsp3) is 0.600. The number of fused-ring (bicyclic) bond motifs is 1. The number of carbonyl (C=O) groups is 4. The van der Waals surface area contributed by atoms with Crippen molar-refractivity contribution in [1.82, 2.24) is 20.9 Å². The number of benzene rings is 1. The lowest BCUT2D eigenvalue weighted by molar-refractivity contribution is -0.136. The van der Waals surface area contributed by atoms with Crippen molar-refractivity contribution in [2.24, 2.45) is 11.3 Å². The highest BCUT2D eigenvalue weighted by Crippen LogP contribution is 2.42. The topological polar surface area (TPSA) is 117 Å². The van der Waals surface area contributed by atoms with Crippen molar-refractivity contribution < 1.29 is 23.9 Å². The summed E-state index contributed by atoms with van der Waals surface area (Å²) in [5.74, 6) is -1.23. The Hall–Kier alpha value is -2.62. The molecule has 5 rings (SSSR count). The van der Waals surface area contributed by atoms with Gasteiger partial charge in [-0.15, -0.1) is 0 Å². The summed E-state index contributed by atoms with van der Waals surface area (Å²) in [5.41, 5.74) is 1.80. The van der Waals surface area contributed by atoms with Crippen molar-refractivity contribution >= 4 is 23.6 Å². The molecule has 0 bridgehead atoms. The van der Waals surface area contributed by atoms with Gasteiger partial charge in [0.2, 0.25) is 11.8 Å². The highest BCUT2D eigenvalue weighted by atomic mass is 16.5. The van der Waals surface area contributed by atoms with E-state index in [-0.39, 0.29) is 24.2 Å². The van der Waals surface area contributed by atoms with Gasteiger partial charge in [-0.05, 0) is 74.2 Å². The average Bonchev–Trinajstić information content (AvgIpc) is 3.10. The van der Waals surface area contributed by atoms with Crippen molar-refractivity contribution in [3.05, 3.63) is 34.9 Å². The van der Waals surface area contributed by atoms with Gasteiger partial charge in [-0.1, -0.05) is 6.07 Å². The van der Waals surface area contributed by atoms with Crippen molar-refractivity contribution in [1.29, 1.82) is 0 Å². The zero-order valence-corrected chi connectivity index (χ0v) is 19.4. The van der Waals surface area contributed by atoms with Gasteiger partial charge in [-0.25, -0.2) is 0 Å². The van der Waals surface area contributed by atoms with Gasteiger partial charge in [0.25, 0.3) is 11.8 Å². The third-order valence-electron chi connectivity index (χ3n) is 8.00. The van der Waals surface area contributed by atoms with E-state index in [9.17, 15) is 19.2 Å². The Morgan fingerprint density at radius 3 is 2.47 bits per heavy atom. The van der Waals surface area contributed by atoms with Gasteiger partial charge in [-0.2, -0.15) is 0 Å². The highest BCUT2D eigenvalue weighted by molar-refractivity contribution is 6.23. The highest BCUT2D eigenvalue weighted by Gasteiger charge is 2.45. The number of piperidine rings is 2. The van der Waals surface area contributed by atoms with Crippen LogP contribution < -0.4 is 16.0 Å². The van der Waals surface area contributed by atoms with Crippen LogP contribution in [0.2, 0.25) is 0 Å². The van der Waals surface area contributed by atoms with Crippen LogP contribution in [-0.2, 0) is 20.9 Å². The number of ether oxygens (including phenoxy) is 1. The molecule has 0 spiro atoms. The van der Waals surface area contributed by atoms with Gasteiger partial charge in [0.1, 0.15) is 6.04 Å². The molecule has 0 radical (unpaired) electrons. The summed E-state index contributed by atoms with van der Waals surface area (Å²) in [7, 11) is 0. The van der Waals surface area contributed by atoms with E-state index in [0.29, 0.717) is 23.6 Å². The molecular formula is C25H32N4O5. The van der Waals surface area contributed by atoms with Gasteiger partial charge in [-0.3, -0.25) is 29.4 Å². The van der Waals surface area contributed by atoms with Gasteiger partial charge in [0, 0.05) is 32.7 Å². The van der Waals surface area contributed by atoms with Crippen molar-refractivity contribution in [3.8, 4) is 0 Å². The molecular weight excluding hydrogens is 436 g/mol. The number of carbonyl (C=O) groups excluding carboxylic acids is 4. The predicted octanol–water partition coefficient (Wildman–Crippen LogP) is 0.974. The number of amides is 4. The Kier molecular flexibility index (Phi) is 6.50. The Balaban J connectivity index is 1.26. The minimum absolute atomic E-state index is 0.114. The molecule has 9 heteroatoms. The molecule has 0 aliphatic carbocycles. The number of imide groups is 2. The third-order valence-corrected chi connectivity index (χ3v) is 8.00. The first kappa shape index (κ1) is 23.1. The summed E-state index contributed by atoms with van der Waals surface area (Å²) >= 11 is 0. The van der Waals surface area contributed by atoms with Crippen LogP contribution in [0.5, 0.6) is 0 Å². The molecule has 0 saturated carbocycles. The van der Waals surface area contributed by atoms with E-state index in [4.69, 9.17) is 4.74 Å². The van der Waals surface area contributed by atoms with E-state index in [1.165, 1.54) is 12.8 Å². The van der Waals surface area contributed by atoms with E-state index in [0.717, 1.165) is 56.2 Å². The lowest BCUT2D eigenvalue weighted by Crippen LogP contribution is -2.54. The Bertz CT molecular complexity index is 997. The number of hydrogen-bond donors (Lipinski definition) is 3. The maximum Gasteiger partial charge on any atom is 0.262 e. The first-order chi connectivity index (χ1) is 16.5. The second-order valence-corrected chi connectivity index (χ2v) is 9.93. The normalized spacial score (nSPS) is 25.4. The number of nitrogens with zero attached hydrogens (tertiary/aromatic N) is 1. The lowest BCUT2D eigenvalue weighted by Gasteiger charge is -2.45. The number of hydrogen-bond acceptors (Lipinski definition) is 7. The first-order valence-corrected chi connectivity index (χ1v) is 12.3. The summed E-state index contributed by atoms with van der Waals surface area (Å²) in [6.45, 7) is 5.23. The molecule has 4 heterocycles. The molecule has 3 fully saturated rings. The van der Waals surface area contributed by atoms with Crippen LogP contribution in [0.1, 0.15) is 64.8 Å². The molecule has 4 aliphatic heterocycles. The van der Waals surface area contributed by atoms with E-state index < -0.39 is 23.8 Å². The van der Waals surface area contributed by atoms with Crippen molar-refractivity contribution in [2.75, 3.05) is 32.8 Å². The number of rotatable bonds is 6. The molecule has 9 nitrogen and oxygen atoms in total. The minimum Gasteiger partial charge on any atom is -0.381 e. The van der Waals surface area contributed by atoms with E-state index in [1.807, 2.05) is 6.07 Å². The van der Waals surface area contributed by atoms with Crippen LogP contribution >= 0.6 is 0 Å². The Morgan fingerprint density at radius 2 is 1.74 bits per heavy atom. The van der Waals surface area contributed by atoms with E-state index >= 15 is 0 Å². The first-order valence-electron chi connectivity index (χ1n) is 12.3. The Labute approximate surface area is 199 Å². The quantitative estimate of drug-likeness (QED) is 0.533. The third kappa shape index (κ3) is 4.28. The second kappa shape index (κ2) is 9.56. The monoisotopic (exact) mass is 468 g/mol. The standard InChI is InChI=1S/C25H32N4O5/c30-21-4-3-20(22(31)28-21)29-23(32)18-2-1-16(13-19(18)24(29)33)14-27-15-25(7-11-34-12-8-25)17-5-9-26-10-6-17/h1-2,13,17,20,26-27H,3-12,14-15H2,(H,28,30,31). The molecule has 4 aliphatic rings. The van der Waals surface area contributed by atoms with Gasteiger partial charge in [0.05, 0.1) is 11.1 Å². The van der Waals surface area contributed by atoms with E-state index in [2.05, 4.69) is 16.0 Å². The maximum absolute atomic E-state index is 13.1. The summed E-state index contributed by atoms with van der Waals surface area (Å²) in [5, 5.41) is 9.31. The number of nitrogens with one attached hydrogen (secondary N) is 3. The molecule has 1 atom stereocenters. The summed E-state index contributed by atoms with van der Waals surface area (Å²) in [4.78, 5) is 50.7. The van der Waals surface area contributed by atoms with Gasteiger partial charge < -0.3 is 15.4 Å². The summed E-state index contributed by atoms with van der Waals surface area (Å²) in [6.07, 6.45) is 4.77. The fourth-order valence-corrected chi connectivity index (χ4v) is 6.03. The fourth-order valence-electron chi connectivity index (χ4n) is 6.03. The molecule has 34 heavy (non-hydrogen) atoms. The second-order valence-electron chi connectivity index (χ2n) is 9.93. The average molecular weight is 469 g/mol. The SMILES string of the molecule is O=C1CCC(N2C(=O)c3ccc(CNCC4(C5CCNCC5)CCOCC4)cc3C2=O)C(=O)N1. The smallest absolute Gasteiger partial charge is 0.262 e. The molecule has 1 aromatic carbocycles. The van der Waals surface area contributed by atoms with Crippen molar-refractivity contribution in [2.45, 2.75) is 51.1 Å². The molecule has 3 saturated heterocycles. The zero-order valence-electron chi connectivity index (χ0n) is 19.4. The molecule has 4 amide bonds. The van der Waals surface area contributed by atoms with Crippen LogP contribution in [0.25, 0.3) is 0 Å². The summed E-state index contributed by atoms with van der Waals surface area (Å²) < 4.78 is 5.66.